The summed E-state index contributed by atoms with van der Waals surface area (Å²) < 4.78 is 6.65. The molecule has 130 valence electrons. The summed E-state index contributed by atoms with van der Waals surface area (Å²) in [6, 6.07) is 6.39. The number of carboxylic acids is 1. The van der Waals surface area contributed by atoms with Gasteiger partial charge in [0.1, 0.15) is 6.54 Å². The van der Waals surface area contributed by atoms with Crippen LogP contribution in [-0.2, 0) is 16.1 Å². The Morgan fingerprint density at radius 2 is 1.80 bits per heavy atom. The predicted octanol–water partition coefficient (Wildman–Crippen LogP) is 0.485. The Bertz CT molecular complexity index is 910. The molecule has 0 radical (unpaired) electrons. The minimum absolute atomic E-state index is 0.0542. The fourth-order valence-corrected chi connectivity index (χ4v) is 3.55. The molecule has 0 aliphatic carbocycles. The van der Waals surface area contributed by atoms with Crippen LogP contribution < -0.4 is 5.56 Å². The van der Waals surface area contributed by atoms with Gasteiger partial charge in [0, 0.05) is 18.5 Å². The van der Waals surface area contributed by atoms with Crippen molar-refractivity contribution < 1.29 is 19.4 Å². The molecule has 2 unspecified atom stereocenters. The Morgan fingerprint density at radius 3 is 2.44 bits per heavy atom. The largest absolute Gasteiger partial charge is 0.476 e. The van der Waals surface area contributed by atoms with E-state index in [1.807, 2.05) is 0 Å². The third-order valence-electron chi connectivity index (χ3n) is 4.75. The number of ether oxygens (including phenoxy) is 1. The second-order valence-electron chi connectivity index (χ2n) is 6.42. The molecule has 0 spiro atoms. The normalized spacial score (nSPS) is 22.3. The van der Waals surface area contributed by atoms with Crippen molar-refractivity contribution in [3.63, 3.8) is 0 Å². The molecule has 2 aromatic rings. The number of benzene rings is 1. The van der Waals surface area contributed by atoms with E-state index in [-0.39, 0.29) is 41.1 Å². The third kappa shape index (κ3) is 2.78. The SMILES string of the molecule is O=C(O)c1nn(CC(=O)N2CC3CCC(C2)O3)c(=O)c2ccccc12. The first kappa shape index (κ1) is 15.8. The van der Waals surface area contributed by atoms with E-state index in [1.165, 1.54) is 0 Å². The number of morpholine rings is 1. The summed E-state index contributed by atoms with van der Waals surface area (Å²) in [5.41, 5.74) is -0.699. The van der Waals surface area contributed by atoms with E-state index in [4.69, 9.17) is 4.74 Å². The van der Waals surface area contributed by atoms with Gasteiger partial charge in [0.2, 0.25) is 5.91 Å². The average Bonchev–Trinajstić information content (AvgIpc) is 2.95. The molecule has 4 rings (SSSR count). The van der Waals surface area contributed by atoms with Crippen LogP contribution in [0, 0.1) is 0 Å². The van der Waals surface area contributed by atoms with Crippen LogP contribution in [0.2, 0.25) is 0 Å². The highest BCUT2D eigenvalue weighted by atomic mass is 16.5. The van der Waals surface area contributed by atoms with Crippen LogP contribution >= 0.6 is 0 Å². The van der Waals surface area contributed by atoms with E-state index >= 15 is 0 Å². The molecule has 2 fully saturated rings. The monoisotopic (exact) mass is 343 g/mol. The molecule has 2 aliphatic rings. The molecule has 25 heavy (non-hydrogen) atoms. The van der Waals surface area contributed by atoms with Crippen LogP contribution in [-0.4, -0.2) is 57.0 Å². The van der Waals surface area contributed by atoms with Gasteiger partial charge in [-0.15, -0.1) is 0 Å². The van der Waals surface area contributed by atoms with E-state index in [0.29, 0.717) is 13.1 Å². The smallest absolute Gasteiger partial charge is 0.357 e. The molecular weight excluding hydrogens is 326 g/mol. The van der Waals surface area contributed by atoms with Crippen LogP contribution in [0.4, 0.5) is 0 Å². The number of likely N-dealkylation sites (tertiary alicyclic amines) is 1. The maximum atomic E-state index is 12.6. The van der Waals surface area contributed by atoms with Crippen molar-refractivity contribution in [2.45, 2.75) is 31.6 Å². The molecule has 0 saturated carbocycles. The standard InChI is InChI=1S/C17H17N3O5/c21-14(19-7-10-5-6-11(8-19)25-10)9-20-16(22)13-4-2-1-3-12(13)15(18-20)17(23)24/h1-4,10-11H,5-9H2,(H,23,24). The molecular formula is C17H17N3O5. The molecule has 3 heterocycles. The van der Waals surface area contributed by atoms with Gasteiger partial charge in [0.15, 0.2) is 5.69 Å². The zero-order chi connectivity index (χ0) is 17.6. The third-order valence-corrected chi connectivity index (χ3v) is 4.75. The lowest BCUT2D eigenvalue weighted by Crippen LogP contribution is -2.48. The van der Waals surface area contributed by atoms with Gasteiger partial charge in [0.25, 0.3) is 5.56 Å². The first-order valence-electron chi connectivity index (χ1n) is 8.19. The summed E-state index contributed by atoms with van der Waals surface area (Å²) in [6.45, 7) is 0.732. The number of hydrogen-bond acceptors (Lipinski definition) is 5. The fraction of sp³-hybridized carbons (Fsp3) is 0.412. The maximum Gasteiger partial charge on any atom is 0.357 e. The number of nitrogens with zero attached hydrogens (tertiary/aromatic N) is 3. The van der Waals surface area contributed by atoms with E-state index in [9.17, 15) is 19.5 Å². The van der Waals surface area contributed by atoms with Crippen molar-refractivity contribution in [2.75, 3.05) is 13.1 Å². The summed E-state index contributed by atoms with van der Waals surface area (Å²) >= 11 is 0. The van der Waals surface area contributed by atoms with Gasteiger partial charge in [-0.1, -0.05) is 18.2 Å². The van der Waals surface area contributed by atoms with Crippen molar-refractivity contribution in [1.29, 1.82) is 0 Å². The Balaban J connectivity index is 1.67. The van der Waals surface area contributed by atoms with Crippen molar-refractivity contribution in [3.05, 3.63) is 40.3 Å². The molecule has 2 bridgehead atoms. The minimum atomic E-state index is -1.23. The summed E-state index contributed by atoms with van der Waals surface area (Å²) in [6.07, 6.45) is 1.98. The van der Waals surface area contributed by atoms with E-state index in [0.717, 1.165) is 17.5 Å². The lowest BCUT2D eigenvalue weighted by molar-refractivity contribution is -0.140. The summed E-state index contributed by atoms with van der Waals surface area (Å²) in [5, 5.41) is 13.8. The van der Waals surface area contributed by atoms with Gasteiger partial charge in [-0.2, -0.15) is 5.10 Å². The number of amides is 1. The molecule has 2 aliphatic heterocycles. The fourth-order valence-electron chi connectivity index (χ4n) is 3.55. The van der Waals surface area contributed by atoms with E-state index in [1.54, 1.807) is 29.2 Å². The predicted molar refractivity (Wildman–Crippen MR) is 87.4 cm³/mol. The number of carbonyl (C=O) groups excluding carboxylic acids is 1. The quantitative estimate of drug-likeness (QED) is 0.870. The van der Waals surface area contributed by atoms with Gasteiger partial charge in [-0.25, -0.2) is 9.48 Å². The number of carboxylic acid groups (broad SMARTS) is 1. The maximum absolute atomic E-state index is 12.6. The van der Waals surface area contributed by atoms with Gasteiger partial charge >= 0.3 is 5.97 Å². The number of fused-ring (bicyclic) bond motifs is 3. The van der Waals surface area contributed by atoms with Crippen LogP contribution in [0.3, 0.4) is 0 Å². The van der Waals surface area contributed by atoms with Crippen molar-refractivity contribution in [1.82, 2.24) is 14.7 Å². The second-order valence-corrected chi connectivity index (χ2v) is 6.42. The highest BCUT2D eigenvalue weighted by Gasteiger charge is 2.35. The summed E-state index contributed by atoms with van der Waals surface area (Å²) in [4.78, 5) is 38.3. The van der Waals surface area contributed by atoms with Gasteiger partial charge in [-0.3, -0.25) is 9.59 Å². The van der Waals surface area contributed by atoms with Crippen LogP contribution in [0.15, 0.2) is 29.1 Å². The zero-order valence-corrected chi connectivity index (χ0v) is 13.4. The number of carbonyl (C=O) groups is 2. The van der Waals surface area contributed by atoms with Gasteiger partial charge < -0.3 is 14.7 Å². The van der Waals surface area contributed by atoms with Crippen molar-refractivity contribution in [2.24, 2.45) is 0 Å². The molecule has 8 nitrogen and oxygen atoms in total. The summed E-state index contributed by atoms with van der Waals surface area (Å²) in [5.74, 6) is -1.48. The van der Waals surface area contributed by atoms with Crippen LogP contribution in [0.25, 0.3) is 10.8 Å². The molecule has 8 heteroatoms. The lowest BCUT2D eigenvalue weighted by atomic mass is 10.1. The molecule has 2 saturated heterocycles. The number of aromatic carboxylic acids is 1. The van der Waals surface area contributed by atoms with Crippen LogP contribution in [0.1, 0.15) is 23.3 Å². The first-order valence-corrected chi connectivity index (χ1v) is 8.19. The number of rotatable bonds is 3. The van der Waals surface area contributed by atoms with Crippen LogP contribution in [0.5, 0.6) is 0 Å². The van der Waals surface area contributed by atoms with Crippen molar-refractivity contribution >= 4 is 22.6 Å². The molecule has 1 N–H and O–H groups in total. The molecule has 1 aromatic carbocycles. The Morgan fingerprint density at radius 1 is 1.16 bits per heavy atom. The molecule has 1 amide bonds. The number of hydrogen-bond donors (Lipinski definition) is 1. The first-order chi connectivity index (χ1) is 12.0. The van der Waals surface area contributed by atoms with E-state index < -0.39 is 11.5 Å². The highest BCUT2D eigenvalue weighted by Crippen LogP contribution is 2.26. The second kappa shape index (κ2) is 5.96. The Labute approximate surface area is 142 Å². The Hall–Kier alpha value is -2.74. The molecule has 2 atom stereocenters. The van der Waals surface area contributed by atoms with Gasteiger partial charge in [-0.05, 0) is 18.9 Å². The topological polar surface area (TPSA) is 102 Å². The zero-order valence-electron chi connectivity index (χ0n) is 13.4. The van der Waals surface area contributed by atoms with Crippen molar-refractivity contribution in [3.8, 4) is 0 Å². The number of aromatic nitrogens is 2. The van der Waals surface area contributed by atoms with Gasteiger partial charge in [0.05, 0.1) is 17.6 Å². The summed E-state index contributed by atoms with van der Waals surface area (Å²) in [7, 11) is 0. The minimum Gasteiger partial charge on any atom is -0.476 e. The Kier molecular flexibility index (Phi) is 3.76. The highest BCUT2D eigenvalue weighted by molar-refractivity contribution is 6.01. The lowest BCUT2D eigenvalue weighted by Gasteiger charge is -2.32. The average molecular weight is 343 g/mol. The van der Waals surface area contributed by atoms with E-state index in [2.05, 4.69) is 5.10 Å². The molecule has 1 aromatic heterocycles.